The molecular formula is C12H15NO9S. The van der Waals surface area contributed by atoms with Gasteiger partial charge in [-0.25, -0.2) is 0 Å². The average molecular weight is 349 g/mol. The zero-order valence-electron chi connectivity index (χ0n) is 11.7. The minimum Gasteiger partial charge on any atom is -0.504 e. The Hall–Kier alpha value is -2.37. The van der Waals surface area contributed by atoms with Gasteiger partial charge in [0.1, 0.15) is 0 Å². The first-order chi connectivity index (χ1) is 10.5. The third-order valence-corrected chi connectivity index (χ3v) is 3.69. The second-order valence-electron chi connectivity index (χ2n) is 4.67. The van der Waals surface area contributed by atoms with Crippen molar-refractivity contribution in [3.8, 4) is 11.5 Å². The van der Waals surface area contributed by atoms with E-state index in [0.717, 1.165) is 11.0 Å². The van der Waals surface area contributed by atoms with Crippen LogP contribution in [0.3, 0.4) is 0 Å². The molecule has 128 valence electrons. The summed E-state index contributed by atoms with van der Waals surface area (Å²) in [5.41, 5.74) is -0.0848. The van der Waals surface area contributed by atoms with E-state index in [2.05, 4.69) is 0 Å². The van der Waals surface area contributed by atoms with Gasteiger partial charge in [0.05, 0.1) is 18.0 Å². The Balaban J connectivity index is 3.00. The summed E-state index contributed by atoms with van der Waals surface area (Å²) in [6.07, 6.45) is -0.149. The van der Waals surface area contributed by atoms with Crippen molar-refractivity contribution in [2.75, 3.05) is 19.6 Å². The number of carboxylic acids is 2. The summed E-state index contributed by atoms with van der Waals surface area (Å²) in [5, 5.41) is 36.6. The van der Waals surface area contributed by atoms with E-state index in [1.807, 2.05) is 0 Å². The monoisotopic (exact) mass is 349 g/mol. The fraction of sp³-hybridized carbons (Fsp3) is 0.333. The molecule has 11 heteroatoms. The number of phenolic OH excluding ortho intramolecular Hbond substituents is 2. The number of nitrogens with zero attached hydrogens (tertiary/aromatic N) is 1. The molecule has 0 unspecified atom stereocenters. The molecule has 0 saturated heterocycles. The number of hydrogen-bond acceptors (Lipinski definition) is 7. The van der Waals surface area contributed by atoms with Gasteiger partial charge in [-0.1, -0.05) is 0 Å². The van der Waals surface area contributed by atoms with Crippen LogP contribution in [-0.2, 0) is 26.1 Å². The standard InChI is InChI=1S/C12H15NO9S/c14-9-4-8(23(20,21)22)3-7(12(9)19)1-2-13(5-10(15)16)6-11(17)18/h3-4,14,19H,1-2,5-6H2,(H,15,16)(H,17,18)(H,20,21,22). The molecule has 1 aromatic carbocycles. The Morgan fingerprint density at radius 1 is 1.04 bits per heavy atom. The van der Waals surface area contributed by atoms with Gasteiger partial charge < -0.3 is 20.4 Å². The maximum atomic E-state index is 11.1. The van der Waals surface area contributed by atoms with Crippen LogP contribution in [0.5, 0.6) is 11.5 Å². The van der Waals surface area contributed by atoms with Crippen LogP contribution in [0, 0.1) is 0 Å². The van der Waals surface area contributed by atoms with Crippen molar-refractivity contribution in [2.45, 2.75) is 11.3 Å². The molecule has 1 aromatic rings. The molecule has 0 amide bonds. The lowest BCUT2D eigenvalue weighted by Gasteiger charge is -2.18. The molecule has 0 saturated carbocycles. The molecule has 23 heavy (non-hydrogen) atoms. The normalized spacial score (nSPS) is 11.6. The molecule has 0 atom stereocenters. The van der Waals surface area contributed by atoms with Gasteiger partial charge in [-0.15, -0.1) is 0 Å². The van der Waals surface area contributed by atoms with Crippen molar-refractivity contribution in [1.29, 1.82) is 0 Å². The van der Waals surface area contributed by atoms with Gasteiger partial charge in [0.2, 0.25) is 0 Å². The molecule has 0 bridgehead atoms. The lowest BCUT2D eigenvalue weighted by molar-refractivity contribution is -0.141. The zero-order chi connectivity index (χ0) is 17.8. The van der Waals surface area contributed by atoms with Gasteiger partial charge in [-0.3, -0.25) is 19.0 Å². The highest BCUT2D eigenvalue weighted by molar-refractivity contribution is 7.85. The van der Waals surface area contributed by atoms with E-state index in [4.69, 9.17) is 14.8 Å². The minimum atomic E-state index is -4.61. The molecule has 0 fully saturated rings. The summed E-state index contributed by atoms with van der Waals surface area (Å²) >= 11 is 0. The highest BCUT2D eigenvalue weighted by Crippen LogP contribution is 2.32. The number of hydrogen-bond donors (Lipinski definition) is 5. The van der Waals surface area contributed by atoms with E-state index in [1.54, 1.807) is 0 Å². The predicted molar refractivity (Wildman–Crippen MR) is 75.0 cm³/mol. The van der Waals surface area contributed by atoms with Gasteiger partial charge in [-0.05, 0) is 12.5 Å². The first kappa shape index (κ1) is 18.7. The minimum absolute atomic E-state index is 0.0848. The van der Waals surface area contributed by atoms with Crippen molar-refractivity contribution in [2.24, 2.45) is 0 Å². The van der Waals surface area contributed by atoms with Gasteiger partial charge in [0.15, 0.2) is 11.5 Å². The van der Waals surface area contributed by atoms with Gasteiger partial charge in [0.25, 0.3) is 10.1 Å². The third kappa shape index (κ3) is 5.73. The average Bonchev–Trinajstić information content (AvgIpc) is 2.37. The van der Waals surface area contributed by atoms with Crippen molar-refractivity contribution in [1.82, 2.24) is 4.90 Å². The van der Waals surface area contributed by atoms with Gasteiger partial charge in [-0.2, -0.15) is 8.42 Å². The highest BCUT2D eigenvalue weighted by Gasteiger charge is 2.19. The second kappa shape index (κ2) is 7.26. The number of phenols is 2. The fourth-order valence-corrected chi connectivity index (χ4v) is 2.42. The van der Waals surface area contributed by atoms with E-state index in [0.29, 0.717) is 6.07 Å². The van der Waals surface area contributed by atoms with Crippen molar-refractivity contribution in [3.63, 3.8) is 0 Å². The lowest BCUT2D eigenvalue weighted by Crippen LogP contribution is -2.36. The van der Waals surface area contributed by atoms with E-state index in [9.17, 15) is 28.2 Å². The maximum absolute atomic E-state index is 11.1. The summed E-state index contributed by atoms with van der Waals surface area (Å²) < 4.78 is 31.1. The van der Waals surface area contributed by atoms with E-state index in [-0.39, 0.29) is 18.5 Å². The number of benzene rings is 1. The second-order valence-corrected chi connectivity index (χ2v) is 6.09. The highest BCUT2D eigenvalue weighted by atomic mass is 32.2. The van der Waals surface area contributed by atoms with E-state index in [1.165, 1.54) is 0 Å². The van der Waals surface area contributed by atoms with Crippen LogP contribution in [-0.4, -0.2) is 69.9 Å². The van der Waals surface area contributed by atoms with E-state index < -0.39 is 51.5 Å². The summed E-state index contributed by atoms with van der Waals surface area (Å²) in [6, 6.07) is 1.56. The number of rotatable bonds is 8. The molecular weight excluding hydrogens is 334 g/mol. The zero-order valence-corrected chi connectivity index (χ0v) is 12.5. The first-order valence-corrected chi connectivity index (χ1v) is 7.63. The number of aliphatic carboxylic acids is 2. The number of carbonyl (C=O) groups is 2. The lowest BCUT2D eigenvalue weighted by atomic mass is 10.1. The van der Waals surface area contributed by atoms with E-state index >= 15 is 0 Å². The third-order valence-electron chi connectivity index (χ3n) is 2.86. The summed E-state index contributed by atoms with van der Waals surface area (Å²) in [4.78, 5) is 21.7. The summed E-state index contributed by atoms with van der Waals surface area (Å²) in [6.45, 7) is -1.28. The first-order valence-electron chi connectivity index (χ1n) is 6.19. The molecule has 0 heterocycles. The van der Waals surface area contributed by atoms with Crippen LogP contribution < -0.4 is 0 Å². The Bertz CT molecular complexity index is 697. The maximum Gasteiger partial charge on any atom is 0.317 e. The SMILES string of the molecule is O=C(O)CN(CCc1cc(S(=O)(=O)O)cc(O)c1O)CC(=O)O. The molecule has 0 aromatic heterocycles. The van der Waals surface area contributed by atoms with Crippen molar-refractivity contribution < 1.29 is 43.0 Å². The predicted octanol–water partition coefficient (Wildman–Crippen LogP) is -0.642. The van der Waals surface area contributed by atoms with Crippen LogP contribution in [0.15, 0.2) is 17.0 Å². The molecule has 1 rings (SSSR count). The van der Waals surface area contributed by atoms with Crippen LogP contribution in [0.25, 0.3) is 0 Å². The molecule has 0 radical (unpaired) electrons. The smallest absolute Gasteiger partial charge is 0.317 e. The Kier molecular flexibility index (Phi) is 5.90. The van der Waals surface area contributed by atoms with Gasteiger partial charge >= 0.3 is 11.9 Å². The van der Waals surface area contributed by atoms with Crippen LogP contribution in [0.4, 0.5) is 0 Å². The Labute approximate surface area is 131 Å². The van der Waals surface area contributed by atoms with Crippen LogP contribution in [0.1, 0.15) is 5.56 Å². The largest absolute Gasteiger partial charge is 0.504 e. The van der Waals surface area contributed by atoms with Crippen LogP contribution >= 0.6 is 0 Å². The number of carboxylic acid groups (broad SMARTS) is 2. The number of aromatic hydroxyl groups is 2. The summed E-state index contributed by atoms with van der Waals surface area (Å²) in [7, 11) is -4.61. The fourth-order valence-electron chi connectivity index (χ4n) is 1.86. The topological polar surface area (TPSA) is 173 Å². The molecule has 5 N–H and O–H groups in total. The molecule has 0 spiro atoms. The van der Waals surface area contributed by atoms with Crippen molar-refractivity contribution in [3.05, 3.63) is 17.7 Å². The summed E-state index contributed by atoms with van der Waals surface area (Å²) in [5.74, 6) is -3.93. The van der Waals surface area contributed by atoms with Gasteiger partial charge in [0, 0.05) is 18.2 Å². The molecule has 10 nitrogen and oxygen atoms in total. The van der Waals surface area contributed by atoms with Crippen LogP contribution in [0.2, 0.25) is 0 Å². The molecule has 0 aliphatic rings. The Morgan fingerprint density at radius 2 is 1.57 bits per heavy atom. The van der Waals surface area contributed by atoms with Crippen molar-refractivity contribution >= 4 is 22.1 Å². The molecule has 0 aliphatic carbocycles. The Morgan fingerprint density at radius 3 is 2.00 bits per heavy atom. The quantitative estimate of drug-likeness (QED) is 0.300. The molecule has 0 aliphatic heterocycles.